The smallest absolute Gasteiger partial charge is 0.255 e. The lowest BCUT2D eigenvalue weighted by atomic mass is 10.1. The van der Waals surface area contributed by atoms with Gasteiger partial charge in [-0.25, -0.2) is 0 Å². The second-order valence-corrected chi connectivity index (χ2v) is 8.45. The summed E-state index contributed by atoms with van der Waals surface area (Å²) in [7, 11) is 4.22. The zero-order valence-electron chi connectivity index (χ0n) is 18.6. The average molecular weight is 442 g/mol. The number of likely N-dealkylation sites (N-methyl/N-ethyl adjacent to an activating group) is 1. The summed E-state index contributed by atoms with van der Waals surface area (Å²) in [5.74, 6) is -0.316. The molecule has 0 radical (unpaired) electrons. The number of hydrogen-bond donors (Lipinski definition) is 3. The molecular formula is C23H31N5O4. The fourth-order valence-electron chi connectivity index (χ4n) is 4.25. The second-order valence-electron chi connectivity index (χ2n) is 8.45. The fraction of sp³-hybridized carbons (Fsp3) is 0.435. The van der Waals surface area contributed by atoms with Gasteiger partial charge in [-0.15, -0.1) is 5.23 Å². The van der Waals surface area contributed by atoms with Crippen molar-refractivity contribution >= 4 is 28.7 Å². The molecule has 1 amide bonds. The van der Waals surface area contributed by atoms with Crippen molar-refractivity contribution < 1.29 is 19.9 Å². The lowest BCUT2D eigenvalue weighted by molar-refractivity contribution is 0.0292. The third-order valence-corrected chi connectivity index (χ3v) is 6.19. The summed E-state index contributed by atoms with van der Waals surface area (Å²) >= 11 is 0. The van der Waals surface area contributed by atoms with Crippen LogP contribution in [0.1, 0.15) is 16.8 Å². The summed E-state index contributed by atoms with van der Waals surface area (Å²) in [6.45, 7) is 4.45. The third-order valence-electron chi connectivity index (χ3n) is 6.19. The van der Waals surface area contributed by atoms with Crippen molar-refractivity contribution in [3.05, 3.63) is 48.0 Å². The molecule has 2 aromatic rings. The van der Waals surface area contributed by atoms with Crippen LogP contribution in [0, 0.1) is 0 Å². The van der Waals surface area contributed by atoms with Crippen LogP contribution in [0.4, 0.5) is 22.7 Å². The maximum absolute atomic E-state index is 12.8. The number of nitrogens with one attached hydrogen (secondary N) is 1. The van der Waals surface area contributed by atoms with Crippen LogP contribution in [0.2, 0.25) is 0 Å². The lowest BCUT2D eigenvalue weighted by Crippen LogP contribution is -2.37. The number of carbonyl (C=O) groups is 1. The first kappa shape index (κ1) is 22.3. The minimum Gasteiger partial charge on any atom is -0.378 e. The molecule has 2 aliphatic heterocycles. The number of ether oxygens (including phenoxy) is 1. The summed E-state index contributed by atoms with van der Waals surface area (Å²) in [6, 6.07) is 13.3. The Hall–Kier alpha value is -2.85. The van der Waals surface area contributed by atoms with Gasteiger partial charge in [-0.1, -0.05) is 0 Å². The van der Waals surface area contributed by atoms with Crippen LogP contribution >= 0.6 is 0 Å². The predicted molar refractivity (Wildman–Crippen MR) is 124 cm³/mol. The molecular weight excluding hydrogens is 410 g/mol. The van der Waals surface area contributed by atoms with Crippen LogP contribution in [-0.2, 0) is 4.74 Å². The van der Waals surface area contributed by atoms with E-state index < -0.39 is 0 Å². The highest BCUT2D eigenvalue weighted by atomic mass is 16.8. The van der Waals surface area contributed by atoms with Gasteiger partial charge in [-0.3, -0.25) is 15.2 Å². The first-order chi connectivity index (χ1) is 15.4. The van der Waals surface area contributed by atoms with Gasteiger partial charge in [0, 0.05) is 49.2 Å². The van der Waals surface area contributed by atoms with Crippen LogP contribution in [0.3, 0.4) is 0 Å². The molecule has 32 heavy (non-hydrogen) atoms. The third kappa shape index (κ3) is 4.97. The Bertz CT molecular complexity index is 928. The predicted octanol–water partition coefficient (Wildman–Crippen LogP) is 2.50. The van der Waals surface area contributed by atoms with Crippen molar-refractivity contribution in [3.8, 4) is 0 Å². The average Bonchev–Trinajstić information content (AvgIpc) is 3.30. The van der Waals surface area contributed by atoms with Gasteiger partial charge in [0.15, 0.2) is 0 Å². The number of rotatable bonds is 6. The fourth-order valence-corrected chi connectivity index (χ4v) is 4.25. The largest absolute Gasteiger partial charge is 0.378 e. The molecule has 172 valence electrons. The first-order valence-corrected chi connectivity index (χ1v) is 10.9. The van der Waals surface area contributed by atoms with E-state index in [0.717, 1.165) is 25.2 Å². The van der Waals surface area contributed by atoms with Gasteiger partial charge in [-0.05, 0) is 63.0 Å². The zero-order valence-corrected chi connectivity index (χ0v) is 18.6. The highest BCUT2D eigenvalue weighted by molar-refractivity contribution is 6.05. The van der Waals surface area contributed by atoms with Gasteiger partial charge < -0.3 is 24.8 Å². The Labute approximate surface area is 188 Å². The zero-order chi connectivity index (χ0) is 22.7. The second kappa shape index (κ2) is 9.74. The quantitative estimate of drug-likeness (QED) is 0.589. The van der Waals surface area contributed by atoms with E-state index in [4.69, 9.17) is 4.74 Å². The standard InChI is InChI=1S/C23H31N5O4/c1-25(2)20-9-10-27(16-20)19-6-4-18(5-7-19)24-23(29)17-3-8-21(22(15-17)28(30)31)26-11-13-32-14-12-26/h3-8,15,20,30-31H,9-14,16H2,1-2H3,(H,24,29). The van der Waals surface area contributed by atoms with Crippen molar-refractivity contribution in [2.75, 3.05) is 73.8 Å². The van der Waals surface area contributed by atoms with Crippen LogP contribution < -0.4 is 20.3 Å². The minimum atomic E-state index is -0.316. The van der Waals surface area contributed by atoms with Crippen LogP contribution in [0.5, 0.6) is 0 Å². The number of hydrogen-bond acceptors (Lipinski definition) is 8. The van der Waals surface area contributed by atoms with Gasteiger partial charge in [0.2, 0.25) is 0 Å². The number of nitrogens with zero attached hydrogens (tertiary/aromatic N) is 4. The van der Waals surface area contributed by atoms with Crippen molar-refractivity contribution in [1.82, 2.24) is 4.90 Å². The van der Waals surface area contributed by atoms with Gasteiger partial charge in [-0.2, -0.15) is 0 Å². The number of morpholine rings is 1. The molecule has 1 unspecified atom stereocenters. The summed E-state index contributed by atoms with van der Waals surface area (Å²) in [4.78, 5) is 19.4. The van der Waals surface area contributed by atoms with E-state index in [0.29, 0.717) is 49.3 Å². The lowest BCUT2D eigenvalue weighted by Gasteiger charge is -2.31. The van der Waals surface area contributed by atoms with Crippen molar-refractivity contribution in [3.63, 3.8) is 0 Å². The normalized spacial score (nSPS) is 18.8. The maximum Gasteiger partial charge on any atom is 0.255 e. The van der Waals surface area contributed by atoms with Crippen LogP contribution in [0.15, 0.2) is 42.5 Å². The molecule has 0 aromatic heterocycles. The van der Waals surface area contributed by atoms with Crippen molar-refractivity contribution in [2.45, 2.75) is 12.5 Å². The summed E-state index contributed by atoms with van der Waals surface area (Å²) in [5.41, 5.74) is 2.95. The molecule has 9 nitrogen and oxygen atoms in total. The molecule has 9 heteroatoms. The Morgan fingerprint density at radius 1 is 1.03 bits per heavy atom. The van der Waals surface area contributed by atoms with Crippen molar-refractivity contribution in [2.24, 2.45) is 0 Å². The monoisotopic (exact) mass is 441 g/mol. The molecule has 2 heterocycles. The Balaban J connectivity index is 1.44. The van der Waals surface area contributed by atoms with Gasteiger partial charge in [0.05, 0.1) is 18.9 Å². The summed E-state index contributed by atoms with van der Waals surface area (Å²) in [5, 5.41) is 22.4. The van der Waals surface area contributed by atoms with E-state index in [1.54, 1.807) is 12.1 Å². The van der Waals surface area contributed by atoms with Crippen LogP contribution in [0.25, 0.3) is 0 Å². The number of amides is 1. The molecule has 0 aliphatic carbocycles. The minimum absolute atomic E-state index is 0.0629. The van der Waals surface area contributed by atoms with E-state index in [-0.39, 0.29) is 16.8 Å². The molecule has 2 fully saturated rings. The Morgan fingerprint density at radius 2 is 1.75 bits per heavy atom. The van der Waals surface area contributed by atoms with E-state index in [9.17, 15) is 15.2 Å². The molecule has 2 aliphatic rings. The molecule has 0 spiro atoms. The highest BCUT2D eigenvalue weighted by Gasteiger charge is 2.24. The molecule has 2 saturated heterocycles. The number of anilines is 4. The van der Waals surface area contributed by atoms with E-state index >= 15 is 0 Å². The summed E-state index contributed by atoms with van der Waals surface area (Å²) < 4.78 is 5.36. The maximum atomic E-state index is 12.8. The first-order valence-electron chi connectivity index (χ1n) is 10.9. The summed E-state index contributed by atoms with van der Waals surface area (Å²) in [6.07, 6.45) is 1.14. The Morgan fingerprint density at radius 3 is 2.38 bits per heavy atom. The van der Waals surface area contributed by atoms with E-state index in [1.807, 2.05) is 29.2 Å². The van der Waals surface area contributed by atoms with Gasteiger partial charge in [0.1, 0.15) is 5.69 Å². The van der Waals surface area contributed by atoms with E-state index in [2.05, 4.69) is 29.2 Å². The molecule has 2 aromatic carbocycles. The van der Waals surface area contributed by atoms with Gasteiger partial charge >= 0.3 is 0 Å². The highest BCUT2D eigenvalue weighted by Crippen LogP contribution is 2.30. The van der Waals surface area contributed by atoms with Crippen molar-refractivity contribution in [1.29, 1.82) is 0 Å². The number of benzene rings is 2. The van der Waals surface area contributed by atoms with Crippen LogP contribution in [-0.4, -0.2) is 80.8 Å². The number of carbonyl (C=O) groups excluding carboxylic acids is 1. The molecule has 4 rings (SSSR count). The SMILES string of the molecule is CN(C)C1CCN(c2ccc(NC(=O)c3ccc(N4CCOCC4)c(N(O)O)c3)cc2)C1. The molecule has 0 bridgehead atoms. The van der Waals surface area contributed by atoms with E-state index in [1.165, 1.54) is 6.07 Å². The topological polar surface area (TPSA) is 91.8 Å². The van der Waals surface area contributed by atoms with Gasteiger partial charge in [0.25, 0.3) is 5.91 Å². The molecule has 1 atom stereocenters. The molecule has 3 N–H and O–H groups in total. The molecule has 0 saturated carbocycles. The Kier molecular flexibility index (Phi) is 6.80.